The second-order valence-corrected chi connectivity index (χ2v) is 19.0. The molecule has 7 aliphatic rings. The molecule has 8 aromatic carbocycles. The van der Waals surface area contributed by atoms with Crippen LogP contribution >= 0.6 is 0 Å². The van der Waals surface area contributed by atoms with Gasteiger partial charge in [0, 0.05) is 16.2 Å². The Morgan fingerprint density at radius 1 is 0.390 bits per heavy atom. The predicted molar refractivity (Wildman–Crippen MR) is 244 cm³/mol. The van der Waals surface area contributed by atoms with Gasteiger partial charge in [0.25, 0.3) is 0 Å². The van der Waals surface area contributed by atoms with E-state index in [1.807, 2.05) is 0 Å². The minimum absolute atomic E-state index is 0.190. The molecule has 1 heterocycles. The monoisotopic (exact) mass is 755 g/mol. The first kappa shape index (κ1) is 32.7. The van der Waals surface area contributed by atoms with E-state index in [9.17, 15) is 0 Å². The number of hydrogen-bond donors (Lipinski definition) is 0. The van der Waals surface area contributed by atoms with Crippen LogP contribution in [-0.2, 0) is 10.8 Å². The highest BCUT2D eigenvalue weighted by molar-refractivity contribution is 6.09. The number of rotatable bonds is 3. The fourth-order valence-corrected chi connectivity index (χ4v) is 14.4. The highest BCUT2D eigenvalue weighted by Gasteiger charge is 2.61. The molecule has 1 nitrogen and oxygen atoms in total. The van der Waals surface area contributed by atoms with Crippen LogP contribution in [0.15, 0.2) is 170 Å². The molecule has 4 saturated carbocycles. The zero-order valence-electron chi connectivity index (χ0n) is 33.5. The topological polar surface area (TPSA) is 3.24 Å². The third kappa shape index (κ3) is 4.07. The molecule has 0 N–H and O–H groups in total. The lowest BCUT2D eigenvalue weighted by atomic mass is 9.43. The Kier molecular flexibility index (Phi) is 6.39. The molecule has 0 amide bonds. The molecule has 4 fully saturated rings. The van der Waals surface area contributed by atoms with Crippen molar-refractivity contribution in [3.63, 3.8) is 0 Å². The molecule has 0 radical (unpaired) electrons. The van der Waals surface area contributed by atoms with E-state index in [1.165, 1.54) is 121 Å². The second kappa shape index (κ2) is 11.5. The van der Waals surface area contributed by atoms with Crippen molar-refractivity contribution in [1.82, 2.24) is 0 Å². The van der Waals surface area contributed by atoms with Crippen LogP contribution in [0.2, 0.25) is 0 Å². The quantitative estimate of drug-likeness (QED) is 0.174. The molecular formula is C58H45N. The zero-order valence-corrected chi connectivity index (χ0v) is 33.5. The number of hydrogen-bond acceptors (Lipinski definition) is 1. The second-order valence-electron chi connectivity index (χ2n) is 19.0. The lowest BCUT2D eigenvalue weighted by Crippen LogP contribution is -2.55. The summed E-state index contributed by atoms with van der Waals surface area (Å²) in [6.45, 7) is 2.46. The molecule has 59 heavy (non-hydrogen) atoms. The Bertz CT molecular complexity index is 3070. The SMILES string of the molecule is CC12c3ccccc3-c3cccc(c31)N(c1ccc(-c3ccc4c(c3)-c3ccccc3C43C4CC5CC(C4)CC3C5)c3ccccc13)c1ccc(-c3ccccc3)cc12. The smallest absolute Gasteiger partial charge is 0.0540 e. The van der Waals surface area contributed by atoms with Crippen LogP contribution < -0.4 is 4.90 Å². The largest absolute Gasteiger partial charge is 0.309 e. The van der Waals surface area contributed by atoms with Gasteiger partial charge in [0.2, 0.25) is 0 Å². The van der Waals surface area contributed by atoms with Gasteiger partial charge in [-0.1, -0.05) is 140 Å². The third-order valence-corrected chi connectivity index (χ3v) is 16.4. The Hall–Kier alpha value is -6.18. The molecule has 15 rings (SSSR count). The lowest BCUT2D eigenvalue weighted by molar-refractivity contribution is -0.0399. The van der Waals surface area contributed by atoms with Crippen LogP contribution in [0.5, 0.6) is 0 Å². The van der Waals surface area contributed by atoms with Gasteiger partial charge >= 0.3 is 0 Å². The number of nitrogens with zero attached hydrogens (tertiary/aromatic N) is 1. The van der Waals surface area contributed by atoms with Crippen molar-refractivity contribution in [2.75, 3.05) is 4.90 Å². The first-order valence-electron chi connectivity index (χ1n) is 22.1. The molecule has 0 saturated heterocycles. The number of fused-ring (bicyclic) bond motifs is 9. The molecule has 1 unspecified atom stereocenters. The van der Waals surface area contributed by atoms with E-state index in [2.05, 4.69) is 182 Å². The Morgan fingerprint density at radius 2 is 1.02 bits per heavy atom. The fraction of sp³-hybridized carbons (Fsp3) is 0.207. The average Bonchev–Trinajstić information content (AvgIpc) is 3.73. The van der Waals surface area contributed by atoms with Gasteiger partial charge in [-0.25, -0.2) is 0 Å². The highest BCUT2D eigenvalue weighted by Crippen LogP contribution is 2.70. The van der Waals surface area contributed by atoms with Crippen LogP contribution in [0.25, 0.3) is 55.3 Å². The van der Waals surface area contributed by atoms with E-state index >= 15 is 0 Å². The van der Waals surface area contributed by atoms with E-state index < -0.39 is 0 Å². The van der Waals surface area contributed by atoms with E-state index in [1.54, 1.807) is 11.1 Å². The van der Waals surface area contributed by atoms with Gasteiger partial charge in [0.05, 0.1) is 17.1 Å². The van der Waals surface area contributed by atoms with Gasteiger partial charge in [0.1, 0.15) is 0 Å². The summed E-state index contributed by atoms with van der Waals surface area (Å²) in [5, 5.41) is 2.57. The van der Waals surface area contributed by atoms with Crippen molar-refractivity contribution in [3.8, 4) is 44.5 Å². The van der Waals surface area contributed by atoms with Gasteiger partial charge in [-0.15, -0.1) is 0 Å². The summed E-state index contributed by atoms with van der Waals surface area (Å²) in [5.74, 6) is 3.44. The first-order chi connectivity index (χ1) is 29.1. The molecule has 282 valence electrons. The van der Waals surface area contributed by atoms with Gasteiger partial charge in [-0.2, -0.15) is 0 Å². The standard InChI is InChI=1S/C58H45N/c1-57-49-19-9-7-15-44(49)47-18-11-21-55(56(47)57)59(54-26-23-38(34-52(54)57)37-12-3-2-4-13-37)53-27-24-42(43-14-5-6-17-46(43)53)39-22-25-51-48(33-39)45-16-8-10-20-50(45)58(51)40-29-35-28-36(31-40)32-41(58)30-35/h2-27,33-36,40-41H,28-32H2,1H3. The first-order valence-corrected chi connectivity index (χ1v) is 22.1. The minimum atomic E-state index is -0.287. The summed E-state index contributed by atoms with van der Waals surface area (Å²) in [6.07, 6.45) is 7.14. The van der Waals surface area contributed by atoms with Gasteiger partial charge in [-0.05, 0) is 171 Å². The van der Waals surface area contributed by atoms with Crippen LogP contribution in [0.3, 0.4) is 0 Å². The number of anilines is 3. The Balaban J connectivity index is 0.964. The maximum atomic E-state index is 2.58. The van der Waals surface area contributed by atoms with Crippen molar-refractivity contribution >= 4 is 27.8 Å². The van der Waals surface area contributed by atoms with Crippen molar-refractivity contribution in [2.24, 2.45) is 23.7 Å². The van der Waals surface area contributed by atoms with E-state index in [0.717, 1.165) is 23.7 Å². The third-order valence-electron chi connectivity index (χ3n) is 16.4. The van der Waals surface area contributed by atoms with Crippen molar-refractivity contribution < 1.29 is 0 Å². The zero-order chi connectivity index (χ0) is 38.6. The van der Waals surface area contributed by atoms with Crippen LogP contribution in [0.1, 0.15) is 66.8 Å². The summed E-state index contributed by atoms with van der Waals surface area (Å²) >= 11 is 0. The molecular weight excluding hydrogens is 711 g/mol. The number of benzene rings is 8. The normalized spacial score (nSPS) is 25.8. The summed E-state index contributed by atoms with van der Waals surface area (Å²) in [4.78, 5) is 2.58. The molecule has 0 aromatic heterocycles. The summed E-state index contributed by atoms with van der Waals surface area (Å²) < 4.78 is 0. The summed E-state index contributed by atoms with van der Waals surface area (Å²) in [7, 11) is 0. The van der Waals surface area contributed by atoms with E-state index in [4.69, 9.17) is 0 Å². The van der Waals surface area contributed by atoms with Crippen molar-refractivity contribution in [3.05, 3.63) is 198 Å². The lowest BCUT2D eigenvalue weighted by Gasteiger charge is -2.61. The summed E-state index contributed by atoms with van der Waals surface area (Å²) in [5.41, 5.74) is 21.8. The van der Waals surface area contributed by atoms with Crippen molar-refractivity contribution in [1.29, 1.82) is 0 Å². The molecule has 1 atom stereocenters. The van der Waals surface area contributed by atoms with Gasteiger partial charge in [0.15, 0.2) is 0 Å². The predicted octanol–water partition coefficient (Wildman–Crippen LogP) is 15.0. The van der Waals surface area contributed by atoms with Gasteiger partial charge in [-0.3, -0.25) is 0 Å². The minimum Gasteiger partial charge on any atom is -0.309 e. The maximum absolute atomic E-state index is 2.58. The van der Waals surface area contributed by atoms with Crippen LogP contribution in [-0.4, -0.2) is 0 Å². The van der Waals surface area contributed by atoms with E-state index in [0.29, 0.717) is 0 Å². The molecule has 1 aliphatic heterocycles. The fourth-order valence-electron chi connectivity index (χ4n) is 14.4. The Labute approximate surface area is 347 Å². The Morgan fingerprint density at radius 3 is 1.81 bits per heavy atom. The van der Waals surface area contributed by atoms with Crippen molar-refractivity contribution in [2.45, 2.75) is 49.9 Å². The maximum Gasteiger partial charge on any atom is 0.0540 e. The molecule has 4 bridgehead atoms. The highest BCUT2D eigenvalue weighted by atomic mass is 15.2. The summed E-state index contributed by atoms with van der Waals surface area (Å²) in [6, 6.07) is 65.3. The molecule has 8 aromatic rings. The van der Waals surface area contributed by atoms with Crippen LogP contribution in [0.4, 0.5) is 17.1 Å². The molecule has 1 spiro atoms. The average molecular weight is 756 g/mol. The van der Waals surface area contributed by atoms with E-state index in [-0.39, 0.29) is 10.8 Å². The van der Waals surface area contributed by atoms with Crippen LogP contribution in [0, 0.1) is 23.7 Å². The molecule has 1 heteroatoms. The van der Waals surface area contributed by atoms with Gasteiger partial charge < -0.3 is 4.90 Å². The molecule has 6 aliphatic carbocycles.